The number of hydrogen-bond donors (Lipinski definition) is 1. The lowest BCUT2D eigenvalue weighted by molar-refractivity contribution is -0.136. The SMILES string of the molecule is Cn1cc(Cl)c(C(=O)Nc2ccccc2C(F)(F)F)n1. The lowest BCUT2D eigenvalue weighted by atomic mass is 10.1. The van der Waals surface area contributed by atoms with Crippen LogP contribution in [0.2, 0.25) is 5.02 Å². The molecule has 0 saturated carbocycles. The summed E-state index contributed by atoms with van der Waals surface area (Å²) in [5, 5.41) is 6.02. The molecule has 20 heavy (non-hydrogen) atoms. The Morgan fingerprint density at radius 2 is 2.00 bits per heavy atom. The molecule has 106 valence electrons. The van der Waals surface area contributed by atoms with E-state index in [1.807, 2.05) is 0 Å². The summed E-state index contributed by atoms with van der Waals surface area (Å²) >= 11 is 5.77. The zero-order valence-corrected chi connectivity index (χ0v) is 11.0. The molecule has 1 aromatic carbocycles. The number of nitrogens with zero attached hydrogens (tertiary/aromatic N) is 2. The number of para-hydroxylation sites is 1. The molecule has 1 heterocycles. The number of alkyl halides is 3. The topological polar surface area (TPSA) is 46.9 Å². The van der Waals surface area contributed by atoms with E-state index in [0.29, 0.717) is 0 Å². The van der Waals surface area contributed by atoms with Crippen LogP contribution in [-0.2, 0) is 13.2 Å². The predicted molar refractivity (Wildman–Crippen MR) is 67.6 cm³/mol. The van der Waals surface area contributed by atoms with E-state index in [2.05, 4.69) is 10.4 Å². The van der Waals surface area contributed by atoms with Crippen molar-refractivity contribution in [2.24, 2.45) is 7.05 Å². The minimum Gasteiger partial charge on any atom is -0.320 e. The maximum atomic E-state index is 12.8. The molecular weight excluding hydrogens is 295 g/mol. The van der Waals surface area contributed by atoms with Crippen molar-refractivity contribution >= 4 is 23.2 Å². The number of carbonyl (C=O) groups is 1. The summed E-state index contributed by atoms with van der Waals surface area (Å²) in [6.45, 7) is 0. The van der Waals surface area contributed by atoms with Crippen LogP contribution in [0.5, 0.6) is 0 Å². The summed E-state index contributed by atoms with van der Waals surface area (Å²) in [5.74, 6) is -0.799. The van der Waals surface area contributed by atoms with E-state index in [0.717, 1.165) is 12.1 Å². The van der Waals surface area contributed by atoms with Gasteiger partial charge in [-0.1, -0.05) is 23.7 Å². The van der Waals surface area contributed by atoms with Gasteiger partial charge in [0.05, 0.1) is 16.3 Å². The fourth-order valence-electron chi connectivity index (χ4n) is 1.63. The Bertz CT molecular complexity index is 652. The van der Waals surface area contributed by atoms with Gasteiger partial charge in [0.25, 0.3) is 5.91 Å². The Morgan fingerprint density at radius 1 is 1.35 bits per heavy atom. The minimum atomic E-state index is -4.56. The Morgan fingerprint density at radius 3 is 2.55 bits per heavy atom. The molecular formula is C12H9ClF3N3O. The highest BCUT2D eigenvalue weighted by Gasteiger charge is 2.33. The second-order valence-corrected chi connectivity index (χ2v) is 4.40. The van der Waals surface area contributed by atoms with E-state index < -0.39 is 17.6 Å². The van der Waals surface area contributed by atoms with Crippen molar-refractivity contribution in [1.82, 2.24) is 9.78 Å². The van der Waals surface area contributed by atoms with E-state index in [-0.39, 0.29) is 16.4 Å². The normalized spacial score (nSPS) is 11.4. The van der Waals surface area contributed by atoms with Crippen molar-refractivity contribution < 1.29 is 18.0 Å². The number of carbonyl (C=O) groups excluding carboxylic acids is 1. The average molecular weight is 304 g/mol. The number of amides is 1. The van der Waals surface area contributed by atoms with Crippen LogP contribution in [0, 0.1) is 0 Å². The Kier molecular flexibility index (Phi) is 3.71. The van der Waals surface area contributed by atoms with E-state index in [1.54, 1.807) is 7.05 Å². The number of anilines is 1. The first-order chi connectivity index (χ1) is 9.29. The summed E-state index contributed by atoms with van der Waals surface area (Å²) in [7, 11) is 1.55. The zero-order chi connectivity index (χ0) is 14.9. The largest absolute Gasteiger partial charge is 0.418 e. The van der Waals surface area contributed by atoms with Gasteiger partial charge in [0, 0.05) is 13.2 Å². The van der Waals surface area contributed by atoms with E-state index in [1.165, 1.54) is 23.0 Å². The molecule has 2 aromatic rings. The van der Waals surface area contributed by atoms with E-state index in [4.69, 9.17) is 11.6 Å². The molecule has 0 atom stereocenters. The van der Waals surface area contributed by atoms with Crippen molar-refractivity contribution in [1.29, 1.82) is 0 Å². The number of aryl methyl sites for hydroxylation is 1. The first kappa shape index (κ1) is 14.4. The minimum absolute atomic E-state index is 0.0643. The molecule has 0 spiro atoms. The molecule has 0 radical (unpaired) electrons. The third kappa shape index (κ3) is 2.93. The maximum Gasteiger partial charge on any atom is 0.418 e. The highest BCUT2D eigenvalue weighted by atomic mass is 35.5. The summed E-state index contributed by atoms with van der Waals surface area (Å²) in [6.07, 6.45) is -3.18. The molecule has 2 rings (SSSR count). The molecule has 0 bridgehead atoms. The molecule has 8 heteroatoms. The average Bonchev–Trinajstić information content (AvgIpc) is 2.68. The van der Waals surface area contributed by atoms with Gasteiger partial charge >= 0.3 is 6.18 Å². The second-order valence-electron chi connectivity index (χ2n) is 4.00. The zero-order valence-electron chi connectivity index (χ0n) is 10.2. The van der Waals surface area contributed by atoms with Gasteiger partial charge in [0.2, 0.25) is 0 Å². The lowest BCUT2D eigenvalue weighted by Gasteiger charge is -2.12. The molecule has 0 aliphatic heterocycles. The van der Waals surface area contributed by atoms with Crippen molar-refractivity contribution in [2.75, 3.05) is 5.32 Å². The first-order valence-corrected chi connectivity index (χ1v) is 5.83. The smallest absolute Gasteiger partial charge is 0.320 e. The molecule has 1 aromatic heterocycles. The maximum absolute atomic E-state index is 12.8. The summed E-state index contributed by atoms with van der Waals surface area (Å²) in [6, 6.07) is 4.68. The van der Waals surface area contributed by atoms with Gasteiger partial charge in [0.15, 0.2) is 5.69 Å². The Labute approximate surface area is 117 Å². The molecule has 0 aliphatic carbocycles. The fraction of sp³-hybridized carbons (Fsp3) is 0.167. The van der Waals surface area contributed by atoms with Gasteiger partial charge in [-0.05, 0) is 12.1 Å². The number of hydrogen-bond acceptors (Lipinski definition) is 2. The quantitative estimate of drug-likeness (QED) is 0.925. The third-order valence-electron chi connectivity index (χ3n) is 2.48. The summed E-state index contributed by atoms with van der Waals surface area (Å²) < 4.78 is 39.7. The van der Waals surface area contributed by atoms with Crippen molar-refractivity contribution in [3.63, 3.8) is 0 Å². The number of benzene rings is 1. The molecule has 4 nitrogen and oxygen atoms in total. The molecule has 1 amide bonds. The standard InChI is InChI=1S/C12H9ClF3N3O/c1-19-6-8(13)10(18-19)11(20)17-9-5-3-2-4-7(9)12(14,15)16/h2-6H,1H3,(H,17,20). The molecule has 0 aliphatic rings. The van der Waals surface area contributed by atoms with Crippen LogP contribution in [0.25, 0.3) is 0 Å². The van der Waals surface area contributed by atoms with Crippen LogP contribution in [-0.4, -0.2) is 15.7 Å². The van der Waals surface area contributed by atoms with Crippen LogP contribution in [0.15, 0.2) is 30.5 Å². The van der Waals surface area contributed by atoms with Gasteiger partial charge in [-0.15, -0.1) is 0 Å². The van der Waals surface area contributed by atoms with E-state index >= 15 is 0 Å². The number of halogens is 4. The molecule has 0 unspecified atom stereocenters. The van der Waals surface area contributed by atoms with Crippen molar-refractivity contribution in [3.8, 4) is 0 Å². The van der Waals surface area contributed by atoms with Crippen LogP contribution < -0.4 is 5.32 Å². The number of rotatable bonds is 2. The molecule has 0 saturated heterocycles. The van der Waals surface area contributed by atoms with Gasteiger partial charge in [0.1, 0.15) is 0 Å². The van der Waals surface area contributed by atoms with Gasteiger partial charge in [-0.25, -0.2) is 0 Å². The molecule has 0 fully saturated rings. The Hall–Kier alpha value is -2.02. The van der Waals surface area contributed by atoms with Crippen LogP contribution >= 0.6 is 11.6 Å². The summed E-state index contributed by atoms with van der Waals surface area (Å²) in [4.78, 5) is 11.9. The molecule has 1 N–H and O–H groups in total. The van der Waals surface area contributed by atoms with Gasteiger partial charge in [-0.2, -0.15) is 18.3 Å². The predicted octanol–water partition coefficient (Wildman–Crippen LogP) is 3.34. The highest BCUT2D eigenvalue weighted by Crippen LogP contribution is 2.34. The van der Waals surface area contributed by atoms with Crippen LogP contribution in [0.4, 0.5) is 18.9 Å². The van der Waals surface area contributed by atoms with Crippen LogP contribution in [0.1, 0.15) is 16.1 Å². The van der Waals surface area contributed by atoms with Gasteiger partial charge < -0.3 is 5.32 Å². The number of aromatic nitrogens is 2. The van der Waals surface area contributed by atoms with Crippen molar-refractivity contribution in [3.05, 3.63) is 46.7 Å². The summed E-state index contributed by atoms with van der Waals surface area (Å²) in [5.41, 5.74) is -1.40. The van der Waals surface area contributed by atoms with Crippen LogP contribution in [0.3, 0.4) is 0 Å². The monoisotopic (exact) mass is 303 g/mol. The Balaban J connectivity index is 2.31. The van der Waals surface area contributed by atoms with E-state index in [9.17, 15) is 18.0 Å². The third-order valence-corrected chi connectivity index (χ3v) is 2.76. The lowest BCUT2D eigenvalue weighted by Crippen LogP contribution is -2.17. The van der Waals surface area contributed by atoms with Gasteiger partial charge in [-0.3, -0.25) is 9.48 Å². The first-order valence-electron chi connectivity index (χ1n) is 5.46. The number of nitrogens with one attached hydrogen (secondary N) is 1. The highest BCUT2D eigenvalue weighted by molar-refractivity contribution is 6.34. The van der Waals surface area contributed by atoms with Crippen molar-refractivity contribution in [2.45, 2.75) is 6.18 Å². The second kappa shape index (κ2) is 5.16. The fourth-order valence-corrected chi connectivity index (χ4v) is 1.90.